The first kappa shape index (κ1) is 17.4. The van der Waals surface area contributed by atoms with E-state index >= 15 is 0 Å². The molecule has 0 aromatic carbocycles. The Bertz CT molecular complexity index is 535. The first-order chi connectivity index (χ1) is 9.60. The van der Waals surface area contributed by atoms with E-state index in [2.05, 4.69) is 20.9 Å². The highest BCUT2D eigenvalue weighted by atomic mass is 79.9. The molecular formula is C12H13BrF3N3O2. The van der Waals surface area contributed by atoms with E-state index in [1.54, 1.807) is 0 Å². The van der Waals surface area contributed by atoms with Crippen LogP contribution in [0.4, 0.5) is 13.2 Å². The smallest absolute Gasteiger partial charge is 0.347 e. The predicted octanol–water partition coefficient (Wildman–Crippen LogP) is 1.94. The van der Waals surface area contributed by atoms with Gasteiger partial charge >= 0.3 is 6.18 Å². The molecule has 1 aromatic heterocycles. The van der Waals surface area contributed by atoms with Crippen LogP contribution in [0.25, 0.3) is 0 Å². The minimum atomic E-state index is -4.60. The van der Waals surface area contributed by atoms with E-state index in [1.807, 2.05) is 0 Å². The molecule has 0 N–H and O–H groups in total. The number of carbonyl (C=O) groups excluding carboxylic acids is 2. The Morgan fingerprint density at radius 3 is 2.38 bits per heavy atom. The quantitative estimate of drug-likeness (QED) is 0.816. The Hall–Kier alpha value is -1.64. The molecular weight excluding hydrogens is 355 g/mol. The van der Waals surface area contributed by atoms with E-state index in [9.17, 15) is 22.8 Å². The van der Waals surface area contributed by atoms with Gasteiger partial charge in [0.15, 0.2) is 0 Å². The van der Waals surface area contributed by atoms with Gasteiger partial charge in [0, 0.05) is 31.0 Å². The third-order valence-electron chi connectivity index (χ3n) is 2.43. The zero-order valence-electron chi connectivity index (χ0n) is 11.3. The van der Waals surface area contributed by atoms with Gasteiger partial charge in [0.05, 0.1) is 5.56 Å². The fourth-order valence-electron chi connectivity index (χ4n) is 1.43. The van der Waals surface area contributed by atoms with Crippen LogP contribution in [0.5, 0.6) is 0 Å². The lowest BCUT2D eigenvalue weighted by Crippen LogP contribution is -2.44. The molecule has 0 spiro atoms. The van der Waals surface area contributed by atoms with Crippen LogP contribution >= 0.6 is 15.9 Å². The normalized spacial score (nSPS) is 11.1. The van der Waals surface area contributed by atoms with Crippen molar-refractivity contribution in [1.82, 2.24) is 14.8 Å². The van der Waals surface area contributed by atoms with Gasteiger partial charge in [0.25, 0.3) is 5.91 Å². The van der Waals surface area contributed by atoms with E-state index in [1.165, 1.54) is 26.4 Å². The average molecular weight is 368 g/mol. The molecule has 0 fully saturated rings. The third-order valence-corrected chi connectivity index (χ3v) is 2.87. The van der Waals surface area contributed by atoms with Gasteiger partial charge in [-0.05, 0) is 22.0 Å². The maximum absolute atomic E-state index is 12.6. The van der Waals surface area contributed by atoms with Crippen molar-refractivity contribution < 1.29 is 22.8 Å². The molecule has 9 heteroatoms. The van der Waals surface area contributed by atoms with Crippen molar-refractivity contribution in [2.24, 2.45) is 0 Å². The second-order valence-electron chi connectivity index (χ2n) is 4.46. The molecule has 0 unspecified atom stereocenters. The minimum absolute atomic E-state index is 0.0276. The molecule has 1 aromatic rings. The van der Waals surface area contributed by atoms with Crippen LogP contribution in [0.3, 0.4) is 0 Å². The number of nitrogens with zero attached hydrogens (tertiary/aromatic N) is 3. The van der Waals surface area contributed by atoms with E-state index in [-0.39, 0.29) is 5.56 Å². The molecule has 5 nitrogen and oxygen atoms in total. The monoisotopic (exact) mass is 367 g/mol. The summed E-state index contributed by atoms with van der Waals surface area (Å²) in [6.07, 6.45) is -2.05. The van der Waals surface area contributed by atoms with Crippen molar-refractivity contribution in [2.75, 3.05) is 27.2 Å². The maximum Gasteiger partial charge on any atom is 0.406 e. The van der Waals surface area contributed by atoms with Crippen molar-refractivity contribution in [1.29, 1.82) is 0 Å². The van der Waals surface area contributed by atoms with Crippen molar-refractivity contribution in [3.8, 4) is 0 Å². The number of carbonyl (C=O) groups is 2. The van der Waals surface area contributed by atoms with Gasteiger partial charge in [0.1, 0.15) is 13.1 Å². The van der Waals surface area contributed by atoms with E-state index in [4.69, 9.17) is 0 Å². The van der Waals surface area contributed by atoms with Gasteiger partial charge in [-0.2, -0.15) is 13.2 Å². The highest BCUT2D eigenvalue weighted by Gasteiger charge is 2.34. The summed E-state index contributed by atoms with van der Waals surface area (Å²) in [5.41, 5.74) is -0.0276. The van der Waals surface area contributed by atoms with Crippen molar-refractivity contribution in [3.05, 3.63) is 28.5 Å². The first-order valence-corrected chi connectivity index (χ1v) is 6.56. The van der Waals surface area contributed by atoms with Crippen LogP contribution in [0.15, 0.2) is 22.9 Å². The second-order valence-corrected chi connectivity index (χ2v) is 5.37. The molecule has 116 valence electrons. The molecule has 1 heterocycles. The summed E-state index contributed by atoms with van der Waals surface area (Å²) in [4.78, 5) is 29.0. The van der Waals surface area contributed by atoms with E-state index in [0.29, 0.717) is 9.37 Å². The highest BCUT2D eigenvalue weighted by molar-refractivity contribution is 9.10. The summed E-state index contributed by atoms with van der Waals surface area (Å²) in [6, 6.07) is 1.35. The van der Waals surface area contributed by atoms with Gasteiger partial charge in [-0.3, -0.25) is 14.6 Å². The van der Waals surface area contributed by atoms with E-state index < -0.39 is 31.1 Å². The number of aromatic nitrogens is 1. The topological polar surface area (TPSA) is 53.5 Å². The number of amides is 2. The van der Waals surface area contributed by atoms with Crippen LogP contribution < -0.4 is 0 Å². The minimum Gasteiger partial charge on any atom is -0.347 e. The van der Waals surface area contributed by atoms with Crippen LogP contribution in [0.1, 0.15) is 10.4 Å². The molecule has 0 bridgehead atoms. The third kappa shape index (κ3) is 5.70. The molecule has 0 aliphatic rings. The Labute approximate surface area is 127 Å². The fraction of sp³-hybridized carbons (Fsp3) is 0.417. The zero-order valence-corrected chi connectivity index (χ0v) is 12.9. The number of hydrogen-bond acceptors (Lipinski definition) is 3. The van der Waals surface area contributed by atoms with Gasteiger partial charge in [-0.1, -0.05) is 0 Å². The summed E-state index contributed by atoms with van der Waals surface area (Å²) >= 11 is 3.08. The Morgan fingerprint density at radius 2 is 1.90 bits per heavy atom. The number of likely N-dealkylation sites (N-methyl/N-ethyl adjacent to an activating group) is 1. The molecule has 0 radical (unpaired) electrons. The van der Waals surface area contributed by atoms with Crippen LogP contribution in [0.2, 0.25) is 0 Å². The zero-order chi connectivity index (χ0) is 16.2. The van der Waals surface area contributed by atoms with Gasteiger partial charge in [0.2, 0.25) is 5.91 Å². The Kier molecular flexibility index (Phi) is 5.70. The average Bonchev–Trinajstić information content (AvgIpc) is 2.35. The summed E-state index contributed by atoms with van der Waals surface area (Å²) in [6.45, 7) is -2.16. The van der Waals surface area contributed by atoms with Gasteiger partial charge < -0.3 is 9.80 Å². The van der Waals surface area contributed by atoms with Crippen LogP contribution in [0, 0.1) is 0 Å². The SMILES string of the molecule is CN(C)C(=O)CN(CC(F)(F)F)C(=O)c1cncc(Br)c1. The molecule has 2 amide bonds. The lowest BCUT2D eigenvalue weighted by molar-refractivity contribution is -0.146. The molecule has 0 aliphatic heterocycles. The standard InChI is InChI=1S/C12H13BrF3N3O2/c1-18(2)10(20)6-19(7-12(14,15)16)11(21)8-3-9(13)5-17-4-8/h3-5H,6-7H2,1-2H3. The lowest BCUT2D eigenvalue weighted by atomic mass is 10.2. The van der Waals surface area contributed by atoms with Crippen molar-refractivity contribution in [3.63, 3.8) is 0 Å². The molecule has 0 saturated heterocycles. The lowest BCUT2D eigenvalue weighted by Gasteiger charge is -2.24. The first-order valence-electron chi connectivity index (χ1n) is 5.77. The fourth-order valence-corrected chi connectivity index (χ4v) is 1.80. The Balaban J connectivity index is 3.00. The number of hydrogen-bond donors (Lipinski definition) is 0. The molecule has 0 atom stereocenters. The van der Waals surface area contributed by atoms with Crippen molar-refractivity contribution in [2.45, 2.75) is 6.18 Å². The summed E-state index contributed by atoms with van der Waals surface area (Å²) in [5.74, 6) is -1.51. The highest BCUT2D eigenvalue weighted by Crippen LogP contribution is 2.19. The van der Waals surface area contributed by atoms with Crippen LogP contribution in [-0.2, 0) is 4.79 Å². The summed E-state index contributed by atoms with van der Waals surface area (Å²) in [7, 11) is 2.80. The van der Waals surface area contributed by atoms with Gasteiger partial charge in [-0.25, -0.2) is 0 Å². The summed E-state index contributed by atoms with van der Waals surface area (Å²) in [5, 5.41) is 0. The van der Waals surface area contributed by atoms with E-state index in [0.717, 1.165) is 11.1 Å². The number of rotatable bonds is 4. The maximum atomic E-state index is 12.6. The largest absolute Gasteiger partial charge is 0.406 e. The summed E-state index contributed by atoms with van der Waals surface area (Å²) < 4.78 is 38.2. The molecule has 1 rings (SSSR count). The molecule has 0 aliphatic carbocycles. The number of pyridine rings is 1. The predicted molar refractivity (Wildman–Crippen MR) is 72.6 cm³/mol. The molecule has 0 saturated carbocycles. The number of halogens is 4. The van der Waals surface area contributed by atoms with Gasteiger partial charge in [-0.15, -0.1) is 0 Å². The second kappa shape index (κ2) is 6.88. The van der Waals surface area contributed by atoms with Crippen LogP contribution in [-0.4, -0.2) is 60.0 Å². The van der Waals surface area contributed by atoms with Crippen molar-refractivity contribution >= 4 is 27.7 Å². The Morgan fingerprint density at radius 1 is 1.29 bits per heavy atom. The molecule has 21 heavy (non-hydrogen) atoms. The number of alkyl halides is 3.